The molecule has 0 aromatic heterocycles. The molecular formula is C9H7F6NO2. The lowest BCUT2D eigenvalue weighted by Crippen LogP contribution is -2.53. The van der Waals surface area contributed by atoms with E-state index in [0.717, 1.165) is 0 Å². The van der Waals surface area contributed by atoms with Gasteiger partial charge in [0.1, 0.15) is 5.75 Å². The van der Waals surface area contributed by atoms with E-state index in [4.69, 9.17) is 15.9 Å². The third-order valence-corrected chi connectivity index (χ3v) is 2.27. The molecule has 0 atom stereocenters. The third-order valence-electron chi connectivity index (χ3n) is 2.27. The van der Waals surface area contributed by atoms with Gasteiger partial charge >= 0.3 is 12.4 Å². The summed E-state index contributed by atoms with van der Waals surface area (Å²) in [4.78, 5) is 0. The average molecular weight is 275 g/mol. The van der Waals surface area contributed by atoms with Gasteiger partial charge in [0.2, 0.25) is 0 Å². The monoisotopic (exact) mass is 275 g/mol. The van der Waals surface area contributed by atoms with Gasteiger partial charge in [-0.25, -0.2) is 0 Å². The first-order valence-electron chi connectivity index (χ1n) is 4.36. The van der Waals surface area contributed by atoms with Gasteiger partial charge in [-0.05, 0) is 12.1 Å². The van der Waals surface area contributed by atoms with E-state index in [1.165, 1.54) is 0 Å². The first-order valence-corrected chi connectivity index (χ1v) is 4.36. The molecule has 0 saturated carbocycles. The van der Waals surface area contributed by atoms with Gasteiger partial charge in [-0.15, -0.1) is 0 Å². The lowest BCUT2D eigenvalue weighted by molar-refractivity contribution is -0.376. The van der Waals surface area contributed by atoms with Gasteiger partial charge in [0, 0.05) is 5.56 Å². The molecule has 18 heavy (non-hydrogen) atoms. The molecular weight excluding hydrogens is 268 g/mol. The van der Waals surface area contributed by atoms with Crippen LogP contribution in [0.25, 0.3) is 0 Å². The quantitative estimate of drug-likeness (QED) is 0.418. The second-order valence-corrected chi connectivity index (χ2v) is 3.48. The zero-order valence-electron chi connectivity index (χ0n) is 8.47. The van der Waals surface area contributed by atoms with Crippen LogP contribution in [0.1, 0.15) is 5.56 Å². The smallest absolute Gasteiger partial charge is 0.430 e. The maximum Gasteiger partial charge on any atom is 0.430 e. The number of hydrogen-bond acceptors (Lipinski definition) is 3. The Labute approximate surface area is 96.4 Å². The van der Waals surface area contributed by atoms with E-state index in [2.05, 4.69) is 0 Å². The minimum atomic E-state index is -5.99. The van der Waals surface area contributed by atoms with Crippen molar-refractivity contribution in [1.29, 1.82) is 0 Å². The number of nitrogen functional groups attached to an aromatic ring is 1. The number of anilines is 1. The molecule has 0 radical (unpaired) electrons. The fourth-order valence-corrected chi connectivity index (χ4v) is 1.26. The van der Waals surface area contributed by atoms with Crippen LogP contribution < -0.4 is 5.73 Å². The Hall–Kier alpha value is -1.64. The van der Waals surface area contributed by atoms with Crippen molar-refractivity contribution in [3.05, 3.63) is 23.8 Å². The van der Waals surface area contributed by atoms with Crippen LogP contribution in [0.15, 0.2) is 18.2 Å². The number of aromatic hydroxyl groups is 1. The summed E-state index contributed by atoms with van der Waals surface area (Å²) in [5, 5.41) is 18.0. The maximum atomic E-state index is 12.4. The minimum absolute atomic E-state index is 0.121. The summed E-state index contributed by atoms with van der Waals surface area (Å²) >= 11 is 0. The molecule has 0 fully saturated rings. The molecule has 0 aliphatic carbocycles. The number of halogens is 6. The second kappa shape index (κ2) is 3.94. The van der Waals surface area contributed by atoms with Gasteiger partial charge in [0.15, 0.2) is 0 Å². The molecule has 0 saturated heterocycles. The molecule has 3 nitrogen and oxygen atoms in total. The van der Waals surface area contributed by atoms with Crippen molar-refractivity contribution in [2.45, 2.75) is 18.0 Å². The van der Waals surface area contributed by atoms with E-state index >= 15 is 0 Å². The van der Waals surface area contributed by atoms with Crippen molar-refractivity contribution in [2.24, 2.45) is 0 Å². The molecule has 0 spiro atoms. The molecule has 0 bridgehead atoms. The van der Waals surface area contributed by atoms with E-state index < -0.39 is 35.0 Å². The van der Waals surface area contributed by atoms with Crippen molar-refractivity contribution >= 4 is 5.69 Å². The first kappa shape index (κ1) is 14.4. The molecule has 0 aliphatic heterocycles. The maximum absolute atomic E-state index is 12.4. The van der Waals surface area contributed by atoms with Crippen molar-refractivity contribution in [3.8, 4) is 5.75 Å². The Bertz CT molecular complexity index is 439. The molecule has 1 rings (SSSR count). The number of phenolic OH excluding ortho intramolecular Hbond substituents is 1. The number of phenols is 1. The van der Waals surface area contributed by atoms with Crippen molar-refractivity contribution in [1.82, 2.24) is 0 Å². The Morgan fingerprint density at radius 2 is 1.39 bits per heavy atom. The highest BCUT2D eigenvalue weighted by Crippen LogP contribution is 2.50. The van der Waals surface area contributed by atoms with Crippen LogP contribution in [0.5, 0.6) is 5.75 Å². The summed E-state index contributed by atoms with van der Waals surface area (Å²) in [5.41, 5.74) is -1.98. The van der Waals surface area contributed by atoms with Crippen molar-refractivity contribution in [3.63, 3.8) is 0 Å². The van der Waals surface area contributed by atoms with Crippen molar-refractivity contribution in [2.75, 3.05) is 5.73 Å². The van der Waals surface area contributed by atoms with Gasteiger partial charge in [0.25, 0.3) is 5.60 Å². The Morgan fingerprint density at radius 3 is 1.72 bits per heavy atom. The van der Waals surface area contributed by atoms with Gasteiger partial charge in [-0.1, -0.05) is 6.07 Å². The Balaban J connectivity index is 3.51. The zero-order chi connectivity index (χ0) is 14.4. The predicted octanol–water partition coefficient (Wildman–Crippen LogP) is 2.29. The molecule has 0 aliphatic rings. The summed E-state index contributed by atoms with van der Waals surface area (Å²) < 4.78 is 74.6. The number of rotatable bonds is 1. The van der Waals surface area contributed by atoms with E-state index in [1.54, 1.807) is 0 Å². The summed E-state index contributed by atoms with van der Waals surface area (Å²) in [6.45, 7) is 0. The standard InChI is InChI=1S/C9H7F6NO2/c10-8(11,12)7(18,9(13,14)15)4-1-2-5(16)6(17)3-4/h1-3,17-18H,16H2. The lowest BCUT2D eigenvalue weighted by Gasteiger charge is -2.32. The fourth-order valence-electron chi connectivity index (χ4n) is 1.26. The Kier molecular flexibility index (Phi) is 3.16. The van der Waals surface area contributed by atoms with E-state index in [-0.39, 0.29) is 6.07 Å². The van der Waals surface area contributed by atoms with Crippen LogP contribution in [0.2, 0.25) is 0 Å². The fraction of sp³-hybridized carbons (Fsp3) is 0.333. The highest BCUT2D eigenvalue weighted by Gasteiger charge is 2.71. The lowest BCUT2D eigenvalue weighted by atomic mass is 9.92. The molecule has 0 heterocycles. The van der Waals surface area contributed by atoms with E-state index in [9.17, 15) is 26.3 Å². The largest absolute Gasteiger partial charge is 0.506 e. The summed E-state index contributed by atoms with van der Waals surface area (Å²) in [6, 6.07) is 1.10. The number of nitrogens with two attached hydrogens (primary N) is 1. The van der Waals surface area contributed by atoms with Gasteiger partial charge < -0.3 is 15.9 Å². The molecule has 1 aromatic rings. The summed E-state index contributed by atoms with van der Waals surface area (Å²) in [6.07, 6.45) is -12.0. The molecule has 1 aromatic carbocycles. The normalized spacial score (nSPS) is 13.7. The molecule has 9 heteroatoms. The summed E-state index contributed by atoms with van der Waals surface area (Å²) in [5.74, 6) is -0.987. The van der Waals surface area contributed by atoms with E-state index in [0.29, 0.717) is 12.1 Å². The molecule has 102 valence electrons. The summed E-state index contributed by atoms with van der Waals surface area (Å²) in [7, 11) is 0. The zero-order valence-corrected chi connectivity index (χ0v) is 8.47. The number of alkyl halides is 6. The van der Waals surface area contributed by atoms with Gasteiger partial charge in [0.05, 0.1) is 5.69 Å². The van der Waals surface area contributed by atoms with Crippen LogP contribution in [0.3, 0.4) is 0 Å². The highest BCUT2D eigenvalue weighted by atomic mass is 19.4. The average Bonchev–Trinajstić information content (AvgIpc) is 2.17. The van der Waals surface area contributed by atoms with Crippen LogP contribution in [-0.2, 0) is 5.60 Å². The van der Waals surface area contributed by atoms with Crippen molar-refractivity contribution < 1.29 is 36.6 Å². The van der Waals surface area contributed by atoms with Crippen LogP contribution in [0, 0.1) is 0 Å². The molecule has 4 N–H and O–H groups in total. The Morgan fingerprint density at radius 1 is 0.944 bits per heavy atom. The van der Waals surface area contributed by atoms with Crippen LogP contribution in [-0.4, -0.2) is 22.6 Å². The second-order valence-electron chi connectivity index (χ2n) is 3.48. The van der Waals surface area contributed by atoms with Gasteiger partial charge in [-0.2, -0.15) is 26.3 Å². The molecule has 0 amide bonds. The number of hydrogen-bond donors (Lipinski definition) is 3. The highest BCUT2D eigenvalue weighted by molar-refractivity contribution is 5.54. The number of aliphatic hydroxyl groups is 1. The SMILES string of the molecule is Nc1ccc(C(O)(C(F)(F)F)C(F)(F)F)cc1O. The van der Waals surface area contributed by atoms with Crippen LogP contribution >= 0.6 is 0 Å². The minimum Gasteiger partial charge on any atom is -0.506 e. The van der Waals surface area contributed by atoms with E-state index in [1.807, 2.05) is 0 Å². The van der Waals surface area contributed by atoms with Gasteiger partial charge in [-0.3, -0.25) is 0 Å². The van der Waals surface area contributed by atoms with Crippen LogP contribution in [0.4, 0.5) is 32.0 Å². The topological polar surface area (TPSA) is 66.5 Å². The first-order chi connectivity index (χ1) is 7.91. The number of benzene rings is 1. The predicted molar refractivity (Wildman–Crippen MR) is 48.5 cm³/mol. The molecule has 0 unspecified atom stereocenters. The third kappa shape index (κ3) is 2.05.